The van der Waals surface area contributed by atoms with Gasteiger partial charge < -0.3 is 14.6 Å². The Morgan fingerprint density at radius 3 is 2.32 bits per heavy atom. The fourth-order valence-corrected chi connectivity index (χ4v) is 8.17. The molecule has 3 fully saturated rings. The number of aliphatic hydroxyl groups is 1. The summed E-state index contributed by atoms with van der Waals surface area (Å²) in [6, 6.07) is 0. The van der Waals surface area contributed by atoms with Crippen LogP contribution in [0.25, 0.3) is 0 Å². The number of fused-ring (bicyclic) bond motifs is 5. The van der Waals surface area contributed by atoms with E-state index in [9.17, 15) is 24.3 Å². The lowest BCUT2D eigenvalue weighted by Crippen LogP contribution is -2.54. The maximum Gasteiger partial charge on any atom is 0.303 e. The Kier molecular flexibility index (Phi) is 6.45. The summed E-state index contributed by atoms with van der Waals surface area (Å²) < 4.78 is 11.4. The van der Waals surface area contributed by atoms with Crippen LogP contribution in [0, 0.1) is 34.5 Å². The minimum Gasteiger partial charge on any atom is -0.504 e. The number of esters is 2. The van der Waals surface area contributed by atoms with Gasteiger partial charge in [-0.3, -0.25) is 19.2 Å². The van der Waals surface area contributed by atoms with Gasteiger partial charge in [0.1, 0.15) is 18.0 Å². The Bertz CT molecular complexity index is 935. The van der Waals surface area contributed by atoms with E-state index in [1.807, 2.05) is 6.92 Å². The van der Waals surface area contributed by atoms with Crippen LogP contribution in [0.3, 0.4) is 0 Å². The van der Waals surface area contributed by atoms with Gasteiger partial charge in [0.2, 0.25) is 0 Å². The average molecular weight is 475 g/mol. The molecule has 0 saturated heterocycles. The first-order valence-electron chi connectivity index (χ1n) is 12.8. The first-order chi connectivity index (χ1) is 15.9. The monoisotopic (exact) mass is 474 g/mol. The minimum absolute atomic E-state index is 0.00847. The lowest BCUT2D eigenvalue weighted by molar-refractivity contribution is -0.176. The molecule has 1 N–H and O–H groups in total. The van der Waals surface area contributed by atoms with Crippen molar-refractivity contribution in [2.45, 2.75) is 98.2 Å². The van der Waals surface area contributed by atoms with E-state index in [2.05, 4.69) is 13.8 Å². The van der Waals surface area contributed by atoms with Crippen LogP contribution in [0.15, 0.2) is 11.3 Å². The van der Waals surface area contributed by atoms with Gasteiger partial charge >= 0.3 is 11.9 Å². The van der Waals surface area contributed by atoms with Crippen molar-refractivity contribution in [1.29, 1.82) is 0 Å². The lowest BCUT2D eigenvalue weighted by Gasteiger charge is -2.58. The maximum absolute atomic E-state index is 13.5. The van der Waals surface area contributed by atoms with Crippen molar-refractivity contribution in [2.24, 2.45) is 34.5 Å². The molecule has 4 aliphatic carbocycles. The van der Waals surface area contributed by atoms with E-state index in [-0.39, 0.29) is 46.4 Å². The van der Waals surface area contributed by atoms with Crippen LogP contribution in [0.4, 0.5) is 0 Å². The van der Waals surface area contributed by atoms with E-state index in [4.69, 9.17) is 9.47 Å². The second-order valence-electron chi connectivity index (χ2n) is 11.4. The summed E-state index contributed by atoms with van der Waals surface area (Å²) in [5.74, 6) is -0.676. The summed E-state index contributed by atoms with van der Waals surface area (Å²) >= 11 is 0. The normalized spacial score (nSPS) is 39.0. The molecule has 0 aliphatic heterocycles. The Morgan fingerprint density at radius 2 is 1.71 bits per heavy atom. The van der Waals surface area contributed by atoms with E-state index in [1.165, 1.54) is 13.8 Å². The van der Waals surface area contributed by atoms with Gasteiger partial charge in [-0.15, -0.1) is 0 Å². The van der Waals surface area contributed by atoms with Crippen molar-refractivity contribution < 1.29 is 33.8 Å². The molecular formula is C27H38O7. The Balaban J connectivity index is 1.75. The van der Waals surface area contributed by atoms with Crippen LogP contribution in [0.5, 0.6) is 0 Å². The molecule has 34 heavy (non-hydrogen) atoms. The molecule has 2 unspecified atom stereocenters. The molecule has 0 amide bonds. The standard InChI is InChI=1S/C27H38O7/c1-6-21(33-14(2)28)25(34-15(3)29)17-13-22(31)27(5)11-9-18-16(23(17)27)7-8-19-24(32)20(30)10-12-26(18,19)4/h16-18,21,23,25,32H,6-13H2,1-5H3/t16-,17-,18+,21?,23-,25?,26-,27-/m1/s1. The van der Waals surface area contributed by atoms with Crippen LogP contribution < -0.4 is 0 Å². The fourth-order valence-electron chi connectivity index (χ4n) is 8.17. The van der Waals surface area contributed by atoms with Crippen molar-refractivity contribution in [1.82, 2.24) is 0 Å². The number of rotatable bonds is 5. The third kappa shape index (κ3) is 3.79. The molecule has 8 atom stereocenters. The van der Waals surface area contributed by atoms with Gasteiger partial charge in [-0.2, -0.15) is 0 Å². The van der Waals surface area contributed by atoms with Gasteiger partial charge in [0, 0.05) is 38.0 Å². The highest BCUT2D eigenvalue weighted by molar-refractivity contribution is 5.95. The van der Waals surface area contributed by atoms with Crippen LogP contribution in [-0.4, -0.2) is 40.8 Å². The number of Topliss-reactive ketones (excluding diaryl/α,β-unsaturated/α-hetero) is 2. The first kappa shape index (κ1) is 24.9. The predicted octanol–water partition coefficient (Wildman–Crippen LogP) is 4.47. The highest BCUT2D eigenvalue weighted by Crippen LogP contribution is 2.66. The van der Waals surface area contributed by atoms with Crippen LogP contribution in [0.1, 0.15) is 86.0 Å². The molecule has 3 saturated carbocycles. The summed E-state index contributed by atoms with van der Waals surface area (Å²) in [5.41, 5.74) is 0.107. The largest absolute Gasteiger partial charge is 0.504 e. The maximum atomic E-state index is 13.5. The molecule has 0 bridgehead atoms. The number of carbonyl (C=O) groups excluding carboxylic acids is 4. The number of aliphatic hydroxyl groups excluding tert-OH is 1. The van der Waals surface area contributed by atoms with Gasteiger partial charge in [-0.05, 0) is 67.3 Å². The van der Waals surface area contributed by atoms with Gasteiger partial charge in [-0.25, -0.2) is 0 Å². The Hall–Kier alpha value is -2.18. The second-order valence-corrected chi connectivity index (χ2v) is 11.4. The molecule has 0 spiro atoms. The van der Waals surface area contributed by atoms with Crippen LogP contribution >= 0.6 is 0 Å². The van der Waals surface area contributed by atoms with Crippen molar-refractivity contribution in [3.05, 3.63) is 11.3 Å². The quantitative estimate of drug-likeness (QED) is 0.586. The van der Waals surface area contributed by atoms with E-state index < -0.39 is 29.6 Å². The summed E-state index contributed by atoms with van der Waals surface area (Å²) in [4.78, 5) is 49.6. The molecule has 0 radical (unpaired) electrons. The Labute approximate surface area is 201 Å². The number of hydrogen-bond donors (Lipinski definition) is 1. The highest BCUT2D eigenvalue weighted by Gasteiger charge is 2.64. The minimum atomic E-state index is -0.674. The molecule has 7 heteroatoms. The zero-order valence-electron chi connectivity index (χ0n) is 21.0. The molecule has 0 aromatic heterocycles. The number of ketones is 2. The molecular weight excluding hydrogens is 436 g/mol. The topological polar surface area (TPSA) is 107 Å². The van der Waals surface area contributed by atoms with Crippen molar-refractivity contribution in [2.75, 3.05) is 0 Å². The van der Waals surface area contributed by atoms with Crippen molar-refractivity contribution in [3.8, 4) is 0 Å². The van der Waals surface area contributed by atoms with E-state index in [0.717, 1.165) is 24.8 Å². The zero-order chi connectivity index (χ0) is 25.0. The summed E-state index contributed by atoms with van der Waals surface area (Å²) in [6.07, 6.45) is 3.62. The summed E-state index contributed by atoms with van der Waals surface area (Å²) in [5, 5.41) is 10.6. The number of allylic oxidation sites excluding steroid dienone is 1. The SMILES string of the molecule is CCC(OC(C)=O)C(OC(C)=O)[C@@H]1CC(=O)[C@@]2(C)CC[C@H]3[C@@H](CCC4=C(O)C(=O)CC[C@@]43C)[C@H]12. The van der Waals surface area contributed by atoms with Gasteiger partial charge in [-0.1, -0.05) is 20.8 Å². The molecule has 0 aromatic carbocycles. The average Bonchev–Trinajstić information content (AvgIpc) is 3.04. The molecule has 4 rings (SSSR count). The number of carbonyl (C=O) groups is 4. The second kappa shape index (κ2) is 8.80. The van der Waals surface area contributed by atoms with Crippen LogP contribution in [0.2, 0.25) is 0 Å². The molecule has 7 nitrogen and oxygen atoms in total. The summed E-state index contributed by atoms with van der Waals surface area (Å²) in [6.45, 7) is 8.83. The van der Waals surface area contributed by atoms with Crippen LogP contribution in [-0.2, 0) is 28.7 Å². The molecule has 0 aromatic rings. The molecule has 4 aliphatic rings. The number of ether oxygens (including phenoxy) is 2. The van der Waals surface area contributed by atoms with Crippen molar-refractivity contribution in [3.63, 3.8) is 0 Å². The number of hydrogen-bond acceptors (Lipinski definition) is 7. The van der Waals surface area contributed by atoms with Gasteiger partial charge in [0.15, 0.2) is 11.5 Å². The lowest BCUT2D eigenvalue weighted by atomic mass is 9.46. The molecule has 0 heterocycles. The van der Waals surface area contributed by atoms with E-state index in [0.29, 0.717) is 32.1 Å². The molecule has 188 valence electrons. The summed E-state index contributed by atoms with van der Waals surface area (Å²) in [7, 11) is 0. The smallest absolute Gasteiger partial charge is 0.303 e. The van der Waals surface area contributed by atoms with Gasteiger partial charge in [0.05, 0.1) is 0 Å². The van der Waals surface area contributed by atoms with Crippen molar-refractivity contribution >= 4 is 23.5 Å². The van der Waals surface area contributed by atoms with E-state index in [1.54, 1.807) is 0 Å². The zero-order valence-corrected chi connectivity index (χ0v) is 21.0. The van der Waals surface area contributed by atoms with E-state index >= 15 is 0 Å². The predicted molar refractivity (Wildman–Crippen MR) is 124 cm³/mol. The third-order valence-electron chi connectivity index (χ3n) is 9.67. The van der Waals surface area contributed by atoms with Gasteiger partial charge in [0.25, 0.3) is 0 Å². The fraction of sp³-hybridized carbons (Fsp3) is 0.778. The first-order valence-corrected chi connectivity index (χ1v) is 12.8. The Morgan fingerprint density at radius 1 is 1.03 bits per heavy atom. The third-order valence-corrected chi connectivity index (χ3v) is 9.67. The highest BCUT2D eigenvalue weighted by atomic mass is 16.6.